The Bertz CT molecular complexity index is 1010. The van der Waals surface area contributed by atoms with E-state index in [1.54, 1.807) is 6.07 Å². The molecule has 1 atom stereocenters. The van der Waals surface area contributed by atoms with Gasteiger partial charge in [0.2, 0.25) is 0 Å². The number of aryl methyl sites for hydroxylation is 1. The van der Waals surface area contributed by atoms with Crippen LogP contribution in [0.5, 0.6) is 0 Å². The molecule has 28 heavy (non-hydrogen) atoms. The largest absolute Gasteiger partial charge is 0.452 e. The second-order valence-electron chi connectivity index (χ2n) is 6.96. The third kappa shape index (κ3) is 3.93. The summed E-state index contributed by atoms with van der Waals surface area (Å²) >= 11 is 0. The van der Waals surface area contributed by atoms with Gasteiger partial charge < -0.3 is 14.6 Å². The lowest BCUT2D eigenvalue weighted by molar-refractivity contribution is -0.124. The first-order chi connectivity index (χ1) is 13.4. The van der Waals surface area contributed by atoms with E-state index in [4.69, 9.17) is 4.74 Å². The lowest BCUT2D eigenvalue weighted by Gasteiger charge is -2.16. The van der Waals surface area contributed by atoms with Gasteiger partial charge in [0.15, 0.2) is 6.61 Å². The Morgan fingerprint density at radius 2 is 1.82 bits per heavy atom. The highest BCUT2D eigenvalue weighted by atomic mass is 16.5. The molecule has 0 spiro atoms. The Morgan fingerprint density at radius 3 is 2.54 bits per heavy atom. The van der Waals surface area contributed by atoms with Crippen molar-refractivity contribution >= 4 is 22.6 Å². The van der Waals surface area contributed by atoms with Gasteiger partial charge in [0.1, 0.15) is 0 Å². The molecule has 0 saturated heterocycles. The zero-order valence-electron chi connectivity index (χ0n) is 16.8. The van der Waals surface area contributed by atoms with Crippen LogP contribution >= 0.6 is 0 Å². The minimum Gasteiger partial charge on any atom is -0.452 e. The Morgan fingerprint density at radius 1 is 1.11 bits per heavy atom. The Balaban J connectivity index is 1.63. The normalized spacial score (nSPS) is 12.0. The van der Waals surface area contributed by atoms with E-state index >= 15 is 0 Å². The van der Waals surface area contributed by atoms with Gasteiger partial charge in [0, 0.05) is 17.9 Å². The number of benzene rings is 2. The van der Waals surface area contributed by atoms with E-state index < -0.39 is 5.97 Å². The fourth-order valence-corrected chi connectivity index (χ4v) is 3.69. The predicted octanol–water partition coefficient (Wildman–Crippen LogP) is 4.31. The monoisotopic (exact) mass is 378 g/mol. The molecule has 0 saturated carbocycles. The van der Waals surface area contributed by atoms with Crippen LogP contribution in [0.1, 0.15) is 47.2 Å². The number of fused-ring (bicyclic) bond motifs is 1. The number of nitrogens with zero attached hydrogens (tertiary/aromatic N) is 1. The van der Waals surface area contributed by atoms with E-state index in [0.717, 1.165) is 34.3 Å². The maximum atomic E-state index is 12.4. The zero-order valence-corrected chi connectivity index (χ0v) is 16.8. The number of aromatic nitrogens is 1. The highest BCUT2D eigenvalue weighted by molar-refractivity contribution is 5.93. The first-order valence-corrected chi connectivity index (χ1v) is 9.53. The molecule has 0 aliphatic carbocycles. The van der Waals surface area contributed by atoms with Gasteiger partial charge in [0.25, 0.3) is 5.91 Å². The van der Waals surface area contributed by atoms with E-state index in [9.17, 15) is 9.59 Å². The molecule has 1 N–H and O–H groups in total. The van der Waals surface area contributed by atoms with Gasteiger partial charge in [-0.15, -0.1) is 0 Å². The van der Waals surface area contributed by atoms with Gasteiger partial charge >= 0.3 is 5.97 Å². The fraction of sp³-hybridized carbons (Fsp3) is 0.304. The fourth-order valence-electron chi connectivity index (χ4n) is 3.69. The summed E-state index contributed by atoms with van der Waals surface area (Å²) in [6.07, 6.45) is 0. The van der Waals surface area contributed by atoms with Gasteiger partial charge in [-0.05, 0) is 50.1 Å². The molecule has 1 heterocycles. The van der Waals surface area contributed by atoms with Crippen LogP contribution in [0.15, 0.2) is 48.5 Å². The average molecular weight is 378 g/mol. The minimum atomic E-state index is -0.472. The van der Waals surface area contributed by atoms with Gasteiger partial charge in [0.05, 0.1) is 11.6 Å². The van der Waals surface area contributed by atoms with E-state index in [1.165, 1.54) is 0 Å². The summed E-state index contributed by atoms with van der Waals surface area (Å²) < 4.78 is 7.28. The summed E-state index contributed by atoms with van der Waals surface area (Å²) in [6.45, 7) is 8.27. The van der Waals surface area contributed by atoms with Crippen molar-refractivity contribution in [2.45, 2.75) is 40.3 Å². The molecule has 1 aromatic heterocycles. The van der Waals surface area contributed by atoms with Gasteiger partial charge in [-0.1, -0.05) is 42.5 Å². The number of carbonyl (C=O) groups is 2. The number of carbonyl (C=O) groups excluding carboxylic acids is 2. The first kappa shape index (κ1) is 19.7. The number of ether oxygens (including phenoxy) is 1. The summed E-state index contributed by atoms with van der Waals surface area (Å²) in [5, 5.41) is 5.14. The van der Waals surface area contributed by atoms with E-state index in [-0.39, 0.29) is 18.6 Å². The van der Waals surface area contributed by atoms with Crippen molar-refractivity contribution in [1.82, 2.24) is 9.88 Å². The number of amides is 1. The molecule has 3 rings (SSSR count). The summed E-state index contributed by atoms with van der Waals surface area (Å²) in [5.41, 5.74) is 3.40. The van der Waals surface area contributed by atoms with Crippen LogP contribution in [0, 0.1) is 13.8 Å². The zero-order chi connectivity index (χ0) is 20.3. The van der Waals surface area contributed by atoms with Gasteiger partial charge in [-0.2, -0.15) is 0 Å². The van der Waals surface area contributed by atoms with Crippen LogP contribution in [0.25, 0.3) is 10.8 Å². The number of hydrogen-bond acceptors (Lipinski definition) is 3. The van der Waals surface area contributed by atoms with Crippen molar-refractivity contribution in [1.29, 1.82) is 0 Å². The molecule has 5 nitrogen and oxygen atoms in total. The van der Waals surface area contributed by atoms with Crippen LogP contribution in [0.3, 0.4) is 0 Å². The molecule has 0 fully saturated rings. The van der Waals surface area contributed by atoms with Gasteiger partial charge in [-0.3, -0.25) is 4.79 Å². The standard InChI is InChI=1S/C23H26N2O3/c1-5-25-15(2)13-21(17(25)4)23(27)28-14-22(26)24-16(3)19-12-8-10-18-9-6-7-11-20(18)19/h6-13,16H,5,14H2,1-4H3,(H,24,26)/t16-/m0/s1. The lowest BCUT2D eigenvalue weighted by Crippen LogP contribution is -2.31. The summed E-state index contributed by atoms with van der Waals surface area (Å²) in [7, 11) is 0. The van der Waals surface area contributed by atoms with E-state index in [2.05, 4.69) is 5.32 Å². The SMILES string of the molecule is CCn1c(C)cc(C(=O)OCC(=O)N[C@@H](C)c2cccc3ccccc23)c1C. The Labute approximate surface area is 165 Å². The predicted molar refractivity (Wildman–Crippen MR) is 110 cm³/mol. The molecule has 0 radical (unpaired) electrons. The topological polar surface area (TPSA) is 60.3 Å². The number of nitrogens with one attached hydrogen (secondary N) is 1. The van der Waals surface area contributed by atoms with Crippen LogP contribution in [-0.2, 0) is 16.1 Å². The molecule has 2 aromatic carbocycles. The molecule has 1 amide bonds. The summed E-state index contributed by atoms with van der Waals surface area (Å²) in [4.78, 5) is 24.7. The third-order valence-corrected chi connectivity index (χ3v) is 5.11. The summed E-state index contributed by atoms with van der Waals surface area (Å²) in [6, 6.07) is 15.7. The van der Waals surface area contributed by atoms with Crippen LogP contribution < -0.4 is 5.32 Å². The van der Waals surface area contributed by atoms with Gasteiger partial charge in [-0.25, -0.2) is 4.79 Å². The average Bonchev–Trinajstić information content (AvgIpc) is 2.99. The van der Waals surface area contributed by atoms with Crippen molar-refractivity contribution in [3.63, 3.8) is 0 Å². The van der Waals surface area contributed by atoms with Crippen LogP contribution in [0.2, 0.25) is 0 Å². The van der Waals surface area contributed by atoms with E-state index in [0.29, 0.717) is 5.56 Å². The Hall–Kier alpha value is -3.08. The minimum absolute atomic E-state index is 0.192. The first-order valence-electron chi connectivity index (χ1n) is 9.53. The molecular formula is C23H26N2O3. The van der Waals surface area contributed by atoms with E-state index in [1.807, 2.05) is 74.7 Å². The highest BCUT2D eigenvalue weighted by Gasteiger charge is 2.18. The quantitative estimate of drug-likeness (QED) is 0.650. The molecule has 0 bridgehead atoms. The van der Waals surface area contributed by atoms with Crippen molar-refractivity contribution in [2.24, 2.45) is 0 Å². The van der Waals surface area contributed by atoms with Crippen molar-refractivity contribution in [3.05, 3.63) is 71.0 Å². The summed E-state index contributed by atoms with van der Waals surface area (Å²) in [5.74, 6) is -0.793. The molecule has 3 aromatic rings. The van der Waals surface area contributed by atoms with Crippen molar-refractivity contribution in [3.8, 4) is 0 Å². The smallest absolute Gasteiger partial charge is 0.340 e. The number of esters is 1. The van der Waals surface area contributed by atoms with Crippen LogP contribution in [-0.4, -0.2) is 23.1 Å². The lowest BCUT2D eigenvalue weighted by atomic mass is 10.00. The maximum absolute atomic E-state index is 12.4. The Kier molecular flexibility index (Phi) is 5.83. The molecule has 146 valence electrons. The number of rotatable bonds is 6. The molecule has 0 aliphatic rings. The number of hydrogen-bond donors (Lipinski definition) is 1. The molecule has 0 aliphatic heterocycles. The third-order valence-electron chi connectivity index (χ3n) is 5.11. The maximum Gasteiger partial charge on any atom is 0.340 e. The van der Waals surface area contributed by atoms with Crippen molar-refractivity contribution in [2.75, 3.05) is 6.61 Å². The molecule has 5 heteroatoms. The second-order valence-corrected chi connectivity index (χ2v) is 6.96. The highest BCUT2D eigenvalue weighted by Crippen LogP contribution is 2.24. The van der Waals surface area contributed by atoms with Crippen LogP contribution in [0.4, 0.5) is 0 Å². The van der Waals surface area contributed by atoms with Crippen molar-refractivity contribution < 1.29 is 14.3 Å². The molecular weight excluding hydrogens is 352 g/mol. The second kappa shape index (κ2) is 8.30. The molecule has 0 unspecified atom stereocenters.